The summed E-state index contributed by atoms with van der Waals surface area (Å²) in [6.07, 6.45) is 0. The van der Waals surface area contributed by atoms with Crippen LogP contribution >= 0.6 is 11.6 Å². The number of hydrogen-bond acceptors (Lipinski definition) is 6. The fourth-order valence-electron chi connectivity index (χ4n) is 1.19. The number of nitrogens with two attached hydrogens (primary N) is 2. The average Bonchev–Trinajstić information content (AvgIpc) is 2.26. The first kappa shape index (κ1) is 19.1. The van der Waals surface area contributed by atoms with Crippen LogP contribution in [-0.2, 0) is 10.1 Å². The molecule has 21 heavy (non-hydrogen) atoms. The Morgan fingerprint density at radius 1 is 1.24 bits per heavy atom. The van der Waals surface area contributed by atoms with E-state index < -0.39 is 10.1 Å². The van der Waals surface area contributed by atoms with Crippen LogP contribution < -0.4 is 16.5 Å². The monoisotopic (exact) mass is 334 g/mol. The van der Waals surface area contributed by atoms with Gasteiger partial charge in [0.2, 0.25) is 0 Å². The molecule has 7 N–H and O–H groups in total. The third-order valence-corrected chi connectivity index (χ3v) is 3.13. The average molecular weight is 335 g/mol. The van der Waals surface area contributed by atoms with Crippen molar-refractivity contribution in [3.63, 3.8) is 0 Å². The van der Waals surface area contributed by atoms with E-state index in [0.29, 0.717) is 11.0 Å². The summed E-state index contributed by atoms with van der Waals surface area (Å²) in [5.41, 5.74) is 11.5. The van der Waals surface area contributed by atoms with Gasteiger partial charge in [0, 0.05) is 0 Å². The SMILES string of the molecule is Cc1ccc(S(=O)(=O)[O-])cc1.Nc1cc(Cl)nc(N)[nH+]1.O. The van der Waals surface area contributed by atoms with E-state index in [0.717, 1.165) is 5.56 Å². The van der Waals surface area contributed by atoms with Crippen molar-refractivity contribution in [2.45, 2.75) is 11.8 Å². The second-order valence-electron chi connectivity index (χ2n) is 3.81. The Morgan fingerprint density at radius 3 is 2.14 bits per heavy atom. The molecule has 1 heterocycles. The van der Waals surface area contributed by atoms with Gasteiger partial charge in [-0.3, -0.25) is 0 Å². The van der Waals surface area contributed by atoms with E-state index in [9.17, 15) is 13.0 Å². The summed E-state index contributed by atoms with van der Waals surface area (Å²) in [6, 6.07) is 7.27. The quantitative estimate of drug-likeness (QED) is 0.540. The number of halogens is 1. The molecule has 0 saturated heterocycles. The maximum absolute atomic E-state index is 10.4. The molecular formula is C11H15ClN4O4S. The van der Waals surface area contributed by atoms with Gasteiger partial charge in [0.1, 0.15) is 10.1 Å². The number of H-pyrrole nitrogens is 1. The van der Waals surface area contributed by atoms with E-state index in [1.807, 2.05) is 6.92 Å². The lowest BCUT2D eigenvalue weighted by Gasteiger charge is -2.05. The number of nitrogens with one attached hydrogen (secondary N) is 1. The van der Waals surface area contributed by atoms with Crippen molar-refractivity contribution in [2.75, 3.05) is 11.5 Å². The molecule has 0 atom stereocenters. The predicted octanol–water partition coefficient (Wildman–Crippen LogP) is -0.212. The van der Waals surface area contributed by atoms with Crippen LogP contribution in [0.1, 0.15) is 5.56 Å². The van der Waals surface area contributed by atoms with Crippen LogP contribution in [-0.4, -0.2) is 23.4 Å². The highest BCUT2D eigenvalue weighted by Crippen LogP contribution is 2.08. The zero-order chi connectivity index (χ0) is 15.3. The summed E-state index contributed by atoms with van der Waals surface area (Å²) in [4.78, 5) is 6.04. The molecule has 1 aromatic carbocycles. The first-order chi connectivity index (χ1) is 9.18. The van der Waals surface area contributed by atoms with Gasteiger partial charge >= 0.3 is 5.95 Å². The van der Waals surface area contributed by atoms with Crippen molar-refractivity contribution in [1.82, 2.24) is 4.98 Å². The maximum atomic E-state index is 10.4. The second-order valence-corrected chi connectivity index (χ2v) is 5.58. The molecule has 2 aromatic rings. The number of nitrogen functional groups attached to an aromatic ring is 2. The summed E-state index contributed by atoms with van der Waals surface area (Å²) in [7, 11) is -4.27. The van der Waals surface area contributed by atoms with Crippen molar-refractivity contribution in [3.8, 4) is 0 Å². The number of aromatic amines is 1. The Balaban J connectivity index is 0.000000370. The minimum absolute atomic E-state index is 0. The van der Waals surface area contributed by atoms with Crippen molar-refractivity contribution in [2.24, 2.45) is 0 Å². The predicted molar refractivity (Wildman–Crippen MR) is 77.4 cm³/mol. The van der Waals surface area contributed by atoms with Crippen molar-refractivity contribution in [1.29, 1.82) is 0 Å². The lowest BCUT2D eigenvalue weighted by atomic mass is 10.2. The van der Waals surface area contributed by atoms with Crippen LogP contribution in [0.4, 0.5) is 11.8 Å². The summed E-state index contributed by atoms with van der Waals surface area (Å²) < 4.78 is 31.2. The normalized spacial score (nSPS) is 10.0. The van der Waals surface area contributed by atoms with E-state index >= 15 is 0 Å². The van der Waals surface area contributed by atoms with E-state index in [1.54, 1.807) is 12.1 Å². The van der Waals surface area contributed by atoms with Gasteiger partial charge in [-0.1, -0.05) is 22.7 Å². The molecule has 0 fully saturated rings. The molecule has 0 aliphatic carbocycles. The van der Waals surface area contributed by atoms with Gasteiger partial charge < -0.3 is 21.5 Å². The molecule has 10 heteroatoms. The first-order valence-electron chi connectivity index (χ1n) is 5.32. The van der Waals surface area contributed by atoms with Gasteiger partial charge in [-0.05, 0) is 30.7 Å². The molecule has 0 amide bonds. The molecule has 2 rings (SSSR count). The fraction of sp³-hybridized carbons (Fsp3) is 0.0909. The number of nitrogens with zero attached hydrogens (tertiary/aromatic N) is 1. The topological polar surface area (TPSA) is 168 Å². The number of hydrogen-bond donors (Lipinski definition) is 2. The van der Waals surface area contributed by atoms with Crippen molar-refractivity contribution < 1.29 is 23.4 Å². The maximum Gasteiger partial charge on any atom is 0.343 e. The Hall–Kier alpha value is -1.94. The molecule has 0 aliphatic heterocycles. The highest BCUT2D eigenvalue weighted by atomic mass is 35.5. The van der Waals surface area contributed by atoms with E-state index in [2.05, 4.69) is 9.97 Å². The lowest BCUT2D eigenvalue weighted by Crippen LogP contribution is -2.16. The van der Waals surface area contributed by atoms with Crippen LogP contribution in [0.2, 0.25) is 5.15 Å². The number of benzene rings is 1. The summed E-state index contributed by atoms with van der Waals surface area (Å²) in [6.45, 7) is 1.82. The standard InChI is InChI=1S/C7H8O3S.C4H5ClN4.H2O/c1-6-2-4-7(5-3-6)11(8,9)10;5-2-1-3(6)9-4(7)8-2;/h2-5H,1H3,(H,8,9,10);1H,(H4,6,7,8,9);1H2. The molecule has 8 nitrogen and oxygen atoms in total. The molecule has 0 radical (unpaired) electrons. The van der Waals surface area contributed by atoms with E-state index in [4.69, 9.17) is 23.1 Å². The molecule has 1 aromatic heterocycles. The molecule has 116 valence electrons. The number of aromatic nitrogens is 2. The lowest BCUT2D eigenvalue weighted by molar-refractivity contribution is -0.346. The van der Waals surface area contributed by atoms with E-state index in [-0.39, 0.29) is 16.3 Å². The highest BCUT2D eigenvalue weighted by Gasteiger charge is 1.99. The first-order valence-corrected chi connectivity index (χ1v) is 7.10. The van der Waals surface area contributed by atoms with Gasteiger partial charge in [-0.2, -0.15) is 0 Å². The van der Waals surface area contributed by atoms with Crippen molar-refractivity contribution in [3.05, 3.63) is 41.0 Å². The van der Waals surface area contributed by atoms with Gasteiger partial charge in [0.15, 0.2) is 11.0 Å². The van der Waals surface area contributed by atoms with Crippen LogP contribution in [0.5, 0.6) is 0 Å². The number of aryl methyl sites for hydroxylation is 1. The van der Waals surface area contributed by atoms with Crippen LogP contribution in [0.3, 0.4) is 0 Å². The van der Waals surface area contributed by atoms with Gasteiger partial charge in [-0.15, -0.1) is 0 Å². The fourth-order valence-corrected chi connectivity index (χ4v) is 1.87. The third kappa shape index (κ3) is 6.86. The Morgan fingerprint density at radius 2 is 1.76 bits per heavy atom. The smallest absolute Gasteiger partial charge is 0.343 e. The highest BCUT2D eigenvalue weighted by molar-refractivity contribution is 7.85. The van der Waals surface area contributed by atoms with Gasteiger partial charge in [0.25, 0.3) is 0 Å². The summed E-state index contributed by atoms with van der Waals surface area (Å²) >= 11 is 5.46. The number of anilines is 2. The Bertz CT molecular complexity index is 641. The van der Waals surface area contributed by atoms with Crippen molar-refractivity contribution >= 4 is 33.5 Å². The molecule has 0 aliphatic rings. The zero-order valence-electron chi connectivity index (χ0n) is 11.0. The molecular weight excluding hydrogens is 320 g/mol. The Labute approximate surface area is 126 Å². The molecule has 0 spiro atoms. The van der Waals surface area contributed by atoms with Crippen LogP contribution in [0.25, 0.3) is 0 Å². The van der Waals surface area contributed by atoms with Crippen LogP contribution in [0.15, 0.2) is 35.2 Å². The van der Waals surface area contributed by atoms with Gasteiger partial charge in [-0.25, -0.2) is 13.4 Å². The zero-order valence-corrected chi connectivity index (χ0v) is 12.6. The summed E-state index contributed by atoms with van der Waals surface area (Å²) in [5, 5.41) is 0.295. The Kier molecular flexibility index (Phi) is 7.02. The summed E-state index contributed by atoms with van der Waals surface area (Å²) in [5.74, 6) is 0.632. The largest absolute Gasteiger partial charge is 0.744 e. The minimum Gasteiger partial charge on any atom is -0.744 e. The van der Waals surface area contributed by atoms with Crippen LogP contribution in [0, 0.1) is 6.92 Å². The van der Waals surface area contributed by atoms with Gasteiger partial charge in [0.05, 0.1) is 11.0 Å². The molecule has 0 bridgehead atoms. The number of rotatable bonds is 1. The third-order valence-electron chi connectivity index (χ3n) is 2.08. The molecule has 0 unspecified atom stereocenters. The van der Waals surface area contributed by atoms with E-state index in [1.165, 1.54) is 18.2 Å². The molecule has 0 saturated carbocycles. The second kappa shape index (κ2) is 7.74. The minimum atomic E-state index is -4.27.